The number of piperazine rings is 1. The second kappa shape index (κ2) is 8.64. The Morgan fingerprint density at radius 2 is 1.96 bits per heavy atom. The van der Waals surface area contributed by atoms with Crippen LogP contribution in [0.25, 0.3) is 6.08 Å². The van der Waals surface area contributed by atoms with Gasteiger partial charge in [0.1, 0.15) is 17.3 Å². The van der Waals surface area contributed by atoms with Crippen molar-refractivity contribution in [3.63, 3.8) is 0 Å². The minimum atomic E-state index is -0.391. The monoisotopic (exact) mass is 371 g/mol. The Labute approximate surface area is 157 Å². The predicted molar refractivity (Wildman–Crippen MR) is 101 cm³/mol. The molecule has 1 N–H and O–H groups in total. The molecule has 0 atom stereocenters. The summed E-state index contributed by atoms with van der Waals surface area (Å²) in [5, 5.41) is 2.68. The molecule has 1 aromatic heterocycles. The van der Waals surface area contributed by atoms with Gasteiger partial charge in [-0.25, -0.2) is 4.39 Å². The Balaban J connectivity index is 1.43. The lowest BCUT2D eigenvalue weighted by molar-refractivity contribution is -0.127. The number of carbonyl (C=O) groups excluding carboxylic acids is 2. The molecule has 27 heavy (non-hydrogen) atoms. The number of hydrogen-bond acceptors (Lipinski definition) is 4. The molecule has 0 saturated carbocycles. The topological polar surface area (TPSA) is 65.8 Å². The fraction of sp³-hybridized carbons (Fsp3) is 0.300. The van der Waals surface area contributed by atoms with Gasteiger partial charge in [0.25, 0.3) is 0 Å². The van der Waals surface area contributed by atoms with E-state index in [2.05, 4.69) is 5.32 Å². The molecule has 0 spiro atoms. The number of rotatable bonds is 5. The number of hydrogen-bond donors (Lipinski definition) is 1. The molecular formula is C20H22FN3O3. The van der Waals surface area contributed by atoms with Crippen LogP contribution in [0.1, 0.15) is 11.5 Å². The molecule has 2 aromatic rings. The quantitative estimate of drug-likeness (QED) is 0.821. The molecule has 2 amide bonds. The van der Waals surface area contributed by atoms with Crippen molar-refractivity contribution in [2.24, 2.45) is 0 Å². The van der Waals surface area contributed by atoms with Crippen LogP contribution in [-0.2, 0) is 9.59 Å². The van der Waals surface area contributed by atoms with Gasteiger partial charge in [0.15, 0.2) is 0 Å². The Bertz CT molecular complexity index is 839. The van der Waals surface area contributed by atoms with Crippen LogP contribution in [0.5, 0.6) is 0 Å². The predicted octanol–water partition coefficient (Wildman–Crippen LogP) is 2.52. The van der Waals surface area contributed by atoms with E-state index in [1.165, 1.54) is 18.2 Å². The first-order valence-electron chi connectivity index (χ1n) is 8.81. The summed E-state index contributed by atoms with van der Waals surface area (Å²) < 4.78 is 18.6. The van der Waals surface area contributed by atoms with Crippen molar-refractivity contribution in [1.82, 2.24) is 9.80 Å². The van der Waals surface area contributed by atoms with Crippen LogP contribution in [0, 0.1) is 12.7 Å². The maximum Gasteiger partial charge on any atom is 0.246 e. The summed E-state index contributed by atoms with van der Waals surface area (Å²) in [6.07, 6.45) is 3.17. The number of amides is 2. The van der Waals surface area contributed by atoms with E-state index in [9.17, 15) is 14.0 Å². The average molecular weight is 371 g/mol. The largest absolute Gasteiger partial charge is 0.462 e. The van der Waals surface area contributed by atoms with Gasteiger partial charge in [-0.15, -0.1) is 0 Å². The number of anilines is 1. The van der Waals surface area contributed by atoms with E-state index in [-0.39, 0.29) is 18.4 Å². The summed E-state index contributed by atoms with van der Waals surface area (Å²) in [5.41, 5.74) is 0.437. The van der Waals surface area contributed by atoms with Gasteiger partial charge < -0.3 is 14.6 Å². The van der Waals surface area contributed by atoms with Gasteiger partial charge in [0.2, 0.25) is 11.8 Å². The highest BCUT2D eigenvalue weighted by atomic mass is 19.1. The minimum Gasteiger partial charge on any atom is -0.462 e. The van der Waals surface area contributed by atoms with Crippen molar-refractivity contribution in [3.8, 4) is 0 Å². The molecule has 2 heterocycles. The maximum absolute atomic E-state index is 13.2. The number of aryl methyl sites for hydroxylation is 1. The van der Waals surface area contributed by atoms with Crippen LogP contribution in [0.15, 0.2) is 46.9 Å². The van der Waals surface area contributed by atoms with Crippen molar-refractivity contribution < 1.29 is 18.4 Å². The van der Waals surface area contributed by atoms with Crippen LogP contribution in [-0.4, -0.2) is 54.3 Å². The number of halogens is 1. The van der Waals surface area contributed by atoms with Crippen molar-refractivity contribution in [1.29, 1.82) is 0 Å². The molecule has 3 rings (SSSR count). The number of nitrogens with one attached hydrogen (secondary N) is 1. The van der Waals surface area contributed by atoms with Gasteiger partial charge >= 0.3 is 0 Å². The normalized spacial score (nSPS) is 15.3. The van der Waals surface area contributed by atoms with E-state index in [0.29, 0.717) is 37.6 Å². The van der Waals surface area contributed by atoms with Gasteiger partial charge in [0, 0.05) is 37.9 Å². The fourth-order valence-corrected chi connectivity index (χ4v) is 2.90. The first-order valence-corrected chi connectivity index (χ1v) is 8.81. The zero-order chi connectivity index (χ0) is 19.2. The zero-order valence-corrected chi connectivity index (χ0v) is 15.2. The Hall–Kier alpha value is -2.93. The Kier molecular flexibility index (Phi) is 6.03. The molecular weight excluding hydrogens is 349 g/mol. The zero-order valence-electron chi connectivity index (χ0n) is 15.2. The molecule has 0 bridgehead atoms. The molecule has 1 fully saturated rings. The molecule has 1 aliphatic heterocycles. The second-order valence-electron chi connectivity index (χ2n) is 6.44. The summed E-state index contributed by atoms with van der Waals surface area (Å²) in [4.78, 5) is 28.0. The van der Waals surface area contributed by atoms with Crippen molar-refractivity contribution in [2.45, 2.75) is 6.92 Å². The Morgan fingerprint density at radius 1 is 1.19 bits per heavy atom. The number of benzene rings is 1. The molecule has 1 aliphatic rings. The molecule has 0 radical (unpaired) electrons. The van der Waals surface area contributed by atoms with E-state index < -0.39 is 5.82 Å². The molecule has 6 nitrogen and oxygen atoms in total. The highest BCUT2D eigenvalue weighted by Crippen LogP contribution is 2.11. The highest BCUT2D eigenvalue weighted by Gasteiger charge is 2.21. The molecule has 142 valence electrons. The van der Waals surface area contributed by atoms with Gasteiger partial charge in [-0.2, -0.15) is 0 Å². The van der Waals surface area contributed by atoms with E-state index in [1.807, 2.05) is 24.0 Å². The van der Waals surface area contributed by atoms with Crippen LogP contribution in [0.3, 0.4) is 0 Å². The third kappa shape index (κ3) is 5.52. The van der Waals surface area contributed by atoms with Crippen LogP contribution in [0.4, 0.5) is 10.1 Å². The van der Waals surface area contributed by atoms with E-state index in [1.54, 1.807) is 23.1 Å². The van der Waals surface area contributed by atoms with E-state index in [0.717, 1.165) is 5.76 Å². The first-order chi connectivity index (χ1) is 13.0. The average Bonchev–Trinajstić information content (AvgIpc) is 3.05. The van der Waals surface area contributed by atoms with Crippen LogP contribution in [0.2, 0.25) is 0 Å². The third-order valence-electron chi connectivity index (χ3n) is 4.31. The summed E-state index contributed by atoms with van der Waals surface area (Å²) in [6, 6.07) is 9.46. The lowest BCUT2D eigenvalue weighted by Gasteiger charge is -2.33. The van der Waals surface area contributed by atoms with E-state index in [4.69, 9.17) is 4.42 Å². The van der Waals surface area contributed by atoms with Gasteiger partial charge in [-0.05, 0) is 43.3 Å². The molecule has 0 aliphatic carbocycles. The lowest BCUT2D eigenvalue weighted by Crippen LogP contribution is -2.50. The number of carbonyl (C=O) groups is 2. The molecule has 1 saturated heterocycles. The first kappa shape index (κ1) is 18.8. The smallest absolute Gasteiger partial charge is 0.246 e. The molecule has 0 unspecified atom stereocenters. The van der Waals surface area contributed by atoms with Gasteiger partial charge in [-0.3, -0.25) is 14.5 Å². The second-order valence-corrected chi connectivity index (χ2v) is 6.44. The van der Waals surface area contributed by atoms with Crippen molar-refractivity contribution in [2.75, 3.05) is 38.0 Å². The minimum absolute atomic E-state index is 0.0760. The maximum atomic E-state index is 13.2. The SMILES string of the molecule is Cc1ccc(/C=C/C(=O)N2CCN(CC(=O)Nc3cccc(F)c3)CC2)o1. The summed E-state index contributed by atoms with van der Waals surface area (Å²) in [5.74, 6) is 0.778. The summed E-state index contributed by atoms with van der Waals surface area (Å²) in [6.45, 7) is 4.37. The van der Waals surface area contributed by atoms with Gasteiger partial charge in [0.05, 0.1) is 6.54 Å². The summed E-state index contributed by atoms with van der Waals surface area (Å²) >= 11 is 0. The highest BCUT2D eigenvalue weighted by molar-refractivity contribution is 5.92. The third-order valence-corrected chi connectivity index (χ3v) is 4.31. The fourth-order valence-electron chi connectivity index (χ4n) is 2.90. The van der Waals surface area contributed by atoms with Gasteiger partial charge in [-0.1, -0.05) is 6.07 Å². The lowest BCUT2D eigenvalue weighted by atomic mass is 10.2. The van der Waals surface area contributed by atoms with Crippen molar-refractivity contribution in [3.05, 3.63) is 59.8 Å². The number of furan rings is 1. The Morgan fingerprint density at radius 3 is 2.63 bits per heavy atom. The van der Waals surface area contributed by atoms with Crippen LogP contribution < -0.4 is 5.32 Å². The van der Waals surface area contributed by atoms with E-state index >= 15 is 0 Å². The molecule has 7 heteroatoms. The standard InChI is InChI=1S/C20H22FN3O3/c1-15-5-6-18(27-15)7-8-20(26)24-11-9-23(10-12-24)14-19(25)22-17-4-2-3-16(21)13-17/h2-8,13H,9-12,14H2,1H3,(H,22,25)/b8-7+. The van der Waals surface area contributed by atoms with Crippen molar-refractivity contribution >= 4 is 23.6 Å². The molecule has 1 aromatic carbocycles. The number of nitrogens with zero attached hydrogens (tertiary/aromatic N) is 2. The van der Waals surface area contributed by atoms with Crippen LogP contribution >= 0.6 is 0 Å². The summed E-state index contributed by atoms with van der Waals surface area (Å²) in [7, 11) is 0.